The number of hydrogen-bond acceptors (Lipinski definition) is 5. The summed E-state index contributed by atoms with van der Waals surface area (Å²) in [6.07, 6.45) is 2.86. The average Bonchev–Trinajstić information content (AvgIpc) is 3.13. The van der Waals surface area contributed by atoms with Crippen LogP contribution in [0.3, 0.4) is 0 Å². The first-order valence-corrected chi connectivity index (χ1v) is 5.92. The van der Waals surface area contributed by atoms with Gasteiger partial charge in [-0.2, -0.15) is 5.10 Å². The number of nitrogens with zero attached hydrogens (tertiary/aromatic N) is 3. The van der Waals surface area contributed by atoms with Gasteiger partial charge >= 0.3 is 0 Å². The Bertz CT molecular complexity index is 597. The molecule has 0 saturated carbocycles. The number of ketones is 1. The minimum atomic E-state index is -0.157. The molecule has 0 bridgehead atoms. The zero-order valence-corrected chi connectivity index (χ0v) is 10.1. The summed E-state index contributed by atoms with van der Waals surface area (Å²) in [6.45, 7) is 1.21. The molecular weight excluding hydrogens is 244 g/mol. The van der Waals surface area contributed by atoms with Gasteiger partial charge in [-0.15, -0.1) is 0 Å². The molecule has 0 spiro atoms. The Morgan fingerprint density at radius 2 is 2.16 bits per heavy atom. The molecule has 1 fully saturated rings. The van der Waals surface area contributed by atoms with E-state index < -0.39 is 0 Å². The number of carbonyl (C=O) groups excluding carboxylic acids is 1. The molecule has 6 heteroatoms. The summed E-state index contributed by atoms with van der Waals surface area (Å²) in [6, 6.07) is 9.02. The van der Waals surface area contributed by atoms with E-state index in [0.29, 0.717) is 30.3 Å². The van der Waals surface area contributed by atoms with E-state index in [0.717, 1.165) is 0 Å². The Morgan fingerprint density at radius 1 is 1.32 bits per heavy atom. The topological polar surface area (TPSA) is 69.0 Å². The van der Waals surface area contributed by atoms with Crippen molar-refractivity contribution in [2.75, 3.05) is 13.2 Å². The Hall–Kier alpha value is -2.63. The van der Waals surface area contributed by atoms with Gasteiger partial charge in [-0.05, 0) is 0 Å². The lowest BCUT2D eigenvalue weighted by atomic mass is 10.1. The van der Waals surface area contributed by atoms with Crippen LogP contribution in [0.15, 0.2) is 48.9 Å². The van der Waals surface area contributed by atoms with Crippen molar-refractivity contribution in [2.24, 2.45) is 0 Å². The summed E-state index contributed by atoms with van der Waals surface area (Å²) >= 11 is 0. The molecule has 6 nitrogen and oxygen atoms in total. The van der Waals surface area contributed by atoms with Crippen molar-refractivity contribution in [2.45, 2.75) is 0 Å². The van der Waals surface area contributed by atoms with Gasteiger partial charge in [-0.3, -0.25) is 4.79 Å². The van der Waals surface area contributed by atoms with Crippen molar-refractivity contribution < 1.29 is 9.53 Å². The SMILES string of the molecule is O=C(/C(=C1/NCCO1)n1cncn1)c1ccccc1. The van der Waals surface area contributed by atoms with Crippen molar-refractivity contribution in [3.63, 3.8) is 0 Å². The van der Waals surface area contributed by atoms with Crippen LogP contribution in [0.5, 0.6) is 0 Å². The highest BCUT2D eigenvalue weighted by Crippen LogP contribution is 2.17. The average molecular weight is 256 g/mol. The van der Waals surface area contributed by atoms with Gasteiger partial charge in [0.05, 0.1) is 6.54 Å². The third-order valence-electron chi connectivity index (χ3n) is 2.75. The second kappa shape index (κ2) is 4.93. The number of nitrogens with one attached hydrogen (secondary N) is 1. The van der Waals surface area contributed by atoms with Gasteiger partial charge in [0.1, 0.15) is 19.3 Å². The van der Waals surface area contributed by atoms with Gasteiger partial charge in [0.2, 0.25) is 11.7 Å². The Balaban J connectivity index is 2.06. The quantitative estimate of drug-likeness (QED) is 0.653. The molecule has 96 valence electrons. The van der Waals surface area contributed by atoms with Crippen LogP contribution in [0.4, 0.5) is 0 Å². The fourth-order valence-electron chi connectivity index (χ4n) is 1.88. The van der Waals surface area contributed by atoms with Crippen molar-refractivity contribution >= 4 is 11.5 Å². The minimum absolute atomic E-state index is 0.157. The molecule has 0 unspecified atom stereocenters. The molecule has 19 heavy (non-hydrogen) atoms. The summed E-state index contributed by atoms with van der Waals surface area (Å²) in [7, 11) is 0. The van der Waals surface area contributed by atoms with Crippen LogP contribution in [-0.2, 0) is 4.74 Å². The van der Waals surface area contributed by atoms with Gasteiger partial charge in [0, 0.05) is 5.56 Å². The predicted octanol–water partition coefficient (Wildman–Crippen LogP) is 0.907. The van der Waals surface area contributed by atoms with Gasteiger partial charge < -0.3 is 10.1 Å². The number of aromatic nitrogens is 3. The van der Waals surface area contributed by atoms with Crippen LogP contribution < -0.4 is 5.32 Å². The molecule has 0 amide bonds. The van der Waals surface area contributed by atoms with E-state index in [-0.39, 0.29) is 5.78 Å². The second-order valence-electron chi connectivity index (χ2n) is 3.99. The number of allylic oxidation sites excluding steroid dienone is 1. The number of carbonyl (C=O) groups is 1. The molecule has 1 N–H and O–H groups in total. The molecule has 2 aromatic rings. The van der Waals surface area contributed by atoms with E-state index in [1.807, 2.05) is 18.2 Å². The Labute approximate surface area is 109 Å². The van der Waals surface area contributed by atoms with Gasteiger partial charge in [0.25, 0.3) is 0 Å². The van der Waals surface area contributed by atoms with E-state index >= 15 is 0 Å². The van der Waals surface area contributed by atoms with Crippen LogP contribution in [-0.4, -0.2) is 33.7 Å². The first-order chi connectivity index (χ1) is 9.36. The number of benzene rings is 1. The monoisotopic (exact) mass is 256 g/mol. The van der Waals surface area contributed by atoms with Gasteiger partial charge in [-0.1, -0.05) is 30.3 Å². The third-order valence-corrected chi connectivity index (χ3v) is 2.75. The fourth-order valence-corrected chi connectivity index (χ4v) is 1.88. The Morgan fingerprint density at radius 3 is 2.79 bits per heavy atom. The zero-order chi connectivity index (χ0) is 13.1. The highest BCUT2D eigenvalue weighted by atomic mass is 16.5. The standard InChI is InChI=1S/C13H12N4O2/c18-12(10-4-2-1-3-5-10)11(13-15-6-7-19-13)17-9-14-8-16-17/h1-5,8-9,15H,6-7H2/b13-11+. The maximum Gasteiger partial charge on any atom is 0.217 e. The molecule has 1 aromatic carbocycles. The van der Waals surface area contributed by atoms with Crippen molar-refractivity contribution in [3.05, 3.63) is 54.4 Å². The van der Waals surface area contributed by atoms with Gasteiger partial charge in [0.15, 0.2) is 5.70 Å². The number of Topliss-reactive ketones (excluding diaryl/α,β-unsaturated/α-hetero) is 1. The first-order valence-electron chi connectivity index (χ1n) is 5.92. The van der Waals surface area contributed by atoms with E-state index in [1.54, 1.807) is 12.1 Å². The third kappa shape index (κ3) is 2.20. The van der Waals surface area contributed by atoms with Gasteiger partial charge in [-0.25, -0.2) is 9.67 Å². The largest absolute Gasteiger partial charge is 0.476 e. The zero-order valence-electron chi connectivity index (χ0n) is 10.1. The molecule has 0 radical (unpaired) electrons. The predicted molar refractivity (Wildman–Crippen MR) is 68.0 cm³/mol. The molecule has 1 aliphatic heterocycles. The summed E-state index contributed by atoms with van der Waals surface area (Å²) in [5, 5.41) is 7.06. The highest BCUT2D eigenvalue weighted by molar-refractivity contribution is 6.24. The molecule has 0 aliphatic carbocycles. The molecule has 0 atom stereocenters. The van der Waals surface area contributed by atoms with E-state index in [4.69, 9.17) is 4.74 Å². The molecule has 1 saturated heterocycles. The summed E-state index contributed by atoms with van der Waals surface area (Å²) in [4.78, 5) is 16.4. The lowest BCUT2D eigenvalue weighted by Gasteiger charge is -2.09. The van der Waals surface area contributed by atoms with Crippen molar-refractivity contribution in [1.82, 2.24) is 20.1 Å². The van der Waals surface area contributed by atoms with Crippen molar-refractivity contribution in [3.8, 4) is 0 Å². The molecular formula is C13H12N4O2. The number of hydrogen-bond donors (Lipinski definition) is 1. The lowest BCUT2D eigenvalue weighted by molar-refractivity contribution is 0.104. The smallest absolute Gasteiger partial charge is 0.217 e. The van der Waals surface area contributed by atoms with E-state index in [9.17, 15) is 4.79 Å². The summed E-state index contributed by atoms with van der Waals surface area (Å²) in [5.41, 5.74) is 0.930. The van der Waals surface area contributed by atoms with E-state index in [1.165, 1.54) is 17.3 Å². The molecule has 1 aromatic heterocycles. The minimum Gasteiger partial charge on any atom is -0.476 e. The van der Waals surface area contributed by atoms with Crippen molar-refractivity contribution in [1.29, 1.82) is 0 Å². The second-order valence-corrected chi connectivity index (χ2v) is 3.99. The normalized spacial score (nSPS) is 16.6. The number of ether oxygens (including phenoxy) is 1. The lowest BCUT2D eigenvalue weighted by Crippen LogP contribution is -2.18. The maximum atomic E-state index is 12.6. The molecule has 3 rings (SSSR count). The van der Waals surface area contributed by atoms with Crippen LogP contribution in [0.1, 0.15) is 10.4 Å². The van der Waals surface area contributed by atoms with Crippen LogP contribution >= 0.6 is 0 Å². The fraction of sp³-hybridized carbons (Fsp3) is 0.154. The summed E-state index contributed by atoms with van der Waals surface area (Å²) in [5.74, 6) is 0.287. The van der Waals surface area contributed by atoms with Crippen LogP contribution in [0, 0.1) is 0 Å². The first kappa shape index (κ1) is 11.5. The molecule has 2 heterocycles. The summed E-state index contributed by atoms with van der Waals surface area (Å²) < 4.78 is 6.86. The van der Waals surface area contributed by atoms with Crippen LogP contribution in [0.25, 0.3) is 5.70 Å². The maximum absolute atomic E-state index is 12.6. The highest BCUT2D eigenvalue weighted by Gasteiger charge is 2.23. The molecule has 1 aliphatic rings. The van der Waals surface area contributed by atoms with Crippen LogP contribution in [0.2, 0.25) is 0 Å². The Kier molecular flexibility index (Phi) is 2.97. The van der Waals surface area contributed by atoms with E-state index in [2.05, 4.69) is 15.4 Å². The number of rotatable bonds is 3.